The molecule has 1 aliphatic heterocycles. The lowest BCUT2D eigenvalue weighted by Crippen LogP contribution is -2.43. The number of hydrogen-bond acceptors (Lipinski definition) is 2. The number of piperidine rings is 1. The van der Waals surface area contributed by atoms with E-state index in [1.165, 1.54) is 5.56 Å². The summed E-state index contributed by atoms with van der Waals surface area (Å²) in [6, 6.07) is 12.9. The smallest absolute Gasteiger partial charge is 0.222 e. The molecule has 1 aromatic carbocycles. The maximum absolute atomic E-state index is 12.4. The summed E-state index contributed by atoms with van der Waals surface area (Å²) in [5.74, 6) is 0.253. The lowest BCUT2D eigenvalue weighted by Gasteiger charge is -2.37. The molecular weight excluding hydrogens is 310 g/mol. The Morgan fingerprint density at radius 2 is 1.84 bits per heavy atom. The number of nitriles is 1. The molecule has 1 amide bonds. The van der Waals surface area contributed by atoms with Crippen LogP contribution in [-0.4, -0.2) is 56.1 Å². The summed E-state index contributed by atoms with van der Waals surface area (Å²) in [4.78, 5) is 14.4. The number of rotatable bonds is 7. The Kier molecular flexibility index (Phi) is 6.61. The van der Waals surface area contributed by atoms with Crippen molar-refractivity contribution in [2.45, 2.75) is 38.5 Å². The summed E-state index contributed by atoms with van der Waals surface area (Å²) in [7, 11) is 6.46. The first kappa shape index (κ1) is 19.5. The van der Waals surface area contributed by atoms with Gasteiger partial charge >= 0.3 is 0 Å². The van der Waals surface area contributed by atoms with Crippen LogP contribution in [0.25, 0.3) is 0 Å². The normalized spacial score (nSPS) is 17.1. The van der Waals surface area contributed by atoms with Crippen LogP contribution in [0.2, 0.25) is 0 Å². The summed E-state index contributed by atoms with van der Waals surface area (Å²) in [6.45, 7) is 2.47. The minimum Gasteiger partial charge on any atom is -0.343 e. The molecule has 0 aromatic heterocycles. The topological polar surface area (TPSA) is 44.1 Å². The highest BCUT2D eigenvalue weighted by Gasteiger charge is 2.35. The minimum absolute atomic E-state index is 0.253. The number of carbonyl (C=O) groups is 1. The number of aryl methyl sites for hydroxylation is 1. The quantitative estimate of drug-likeness (QED) is 0.714. The Labute approximate surface area is 152 Å². The van der Waals surface area contributed by atoms with Gasteiger partial charge in [0.2, 0.25) is 5.91 Å². The fourth-order valence-corrected chi connectivity index (χ4v) is 3.49. The van der Waals surface area contributed by atoms with Gasteiger partial charge in [-0.3, -0.25) is 4.79 Å². The summed E-state index contributed by atoms with van der Waals surface area (Å²) < 4.78 is 0.893. The fraction of sp³-hybridized carbons (Fsp3) is 0.619. The van der Waals surface area contributed by atoms with E-state index in [1.54, 1.807) is 0 Å². The standard InChI is InChI=1S/C21H32N3O/c1-24(2,3)17-7-10-20(25)23-15-13-21(18-22,14-16-23)12-11-19-8-5-4-6-9-19/h4-6,8-9H,7,10-17H2,1-3H3/q+1. The molecular formula is C21H32N3O+. The Morgan fingerprint density at radius 3 is 2.40 bits per heavy atom. The average molecular weight is 343 g/mol. The van der Waals surface area contributed by atoms with E-state index >= 15 is 0 Å². The molecule has 1 fully saturated rings. The predicted octanol–water partition coefficient (Wildman–Crippen LogP) is 3.24. The first-order valence-electron chi connectivity index (χ1n) is 9.37. The number of likely N-dealkylation sites (tertiary alicyclic amines) is 1. The van der Waals surface area contributed by atoms with Gasteiger partial charge in [0, 0.05) is 25.9 Å². The predicted molar refractivity (Wildman–Crippen MR) is 101 cm³/mol. The van der Waals surface area contributed by atoms with E-state index in [4.69, 9.17) is 0 Å². The zero-order valence-corrected chi connectivity index (χ0v) is 16.0. The third-order valence-corrected chi connectivity index (χ3v) is 5.27. The van der Waals surface area contributed by atoms with Crippen LogP contribution in [0.15, 0.2) is 30.3 Å². The van der Waals surface area contributed by atoms with Gasteiger partial charge in [0.15, 0.2) is 0 Å². The SMILES string of the molecule is C[N+](C)(C)CCCC(=O)N1CCC(C#N)(CCc2ccccc2)CC1. The molecule has 0 unspecified atom stereocenters. The molecule has 1 heterocycles. The van der Waals surface area contributed by atoms with Gasteiger partial charge in [-0.2, -0.15) is 5.26 Å². The molecule has 0 bridgehead atoms. The summed E-state index contributed by atoms with van der Waals surface area (Å²) >= 11 is 0. The van der Waals surface area contributed by atoms with Gasteiger partial charge in [0.1, 0.15) is 0 Å². The van der Waals surface area contributed by atoms with Gasteiger partial charge in [-0.05, 0) is 31.2 Å². The van der Waals surface area contributed by atoms with Crippen LogP contribution in [0.4, 0.5) is 0 Å². The number of amides is 1. The average Bonchev–Trinajstić information content (AvgIpc) is 2.60. The first-order valence-corrected chi connectivity index (χ1v) is 9.37. The van der Waals surface area contributed by atoms with E-state index in [1.807, 2.05) is 23.1 Å². The molecule has 25 heavy (non-hydrogen) atoms. The van der Waals surface area contributed by atoms with E-state index < -0.39 is 0 Å². The van der Waals surface area contributed by atoms with Crippen molar-refractivity contribution in [2.24, 2.45) is 5.41 Å². The highest BCUT2D eigenvalue weighted by molar-refractivity contribution is 5.76. The second-order valence-corrected chi connectivity index (χ2v) is 8.38. The van der Waals surface area contributed by atoms with E-state index in [0.717, 1.165) is 56.2 Å². The van der Waals surface area contributed by atoms with E-state index in [-0.39, 0.29) is 11.3 Å². The van der Waals surface area contributed by atoms with Crippen molar-refractivity contribution in [3.8, 4) is 6.07 Å². The van der Waals surface area contributed by atoms with Crippen molar-refractivity contribution >= 4 is 5.91 Å². The Bertz CT molecular complexity index is 590. The van der Waals surface area contributed by atoms with Crippen LogP contribution < -0.4 is 0 Å². The van der Waals surface area contributed by atoms with Gasteiger partial charge in [0.05, 0.1) is 39.2 Å². The third-order valence-electron chi connectivity index (χ3n) is 5.27. The molecule has 2 rings (SSSR count). The third kappa shape index (κ3) is 6.17. The van der Waals surface area contributed by atoms with Crippen molar-refractivity contribution in [1.82, 2.24) is 4.90 Å². The van der Waals surface area contributed by atoms with Crippen LogP contribution in [0.5, 0.6) is 0 Å². The summed E-state index contributed by atoms with van der Waals surface area (Å²) in [5, 5.41) is 9.72. The first-order chi connectivity index (χ1) is 11.8. The number of nitrogens with zero attached hydrogens (tertiary/aromatic N) is 3. The molecule has 0 atom stereocenters. The van der Waals surface area contributed by atoms with E-state index in [0.29, 0.717) is 6.42 Å². The zero-order valence-electron chi connectivity index (χ0n) is 16.0. The van der Waals surface area contributed by atoms with E-state index in [2.05, 4.69) is 39.3 Å². The van der Waals surface area contributed by atoms with Crippen molar-refractivity contribution in [3.05, 3.63) is 35.9 Å². The highest BCUT2D eigenvalue weighted by atomic mass is 16.2. The molecule has 1 saturated heterocycles. The van der Waals surface area contributed by atoms with Gasteiger partial charge in [-0.25, -0.2) is 0 Å². The Balaban J connectivity index is 1.80. The van der Waals surface area contributed by atoms with Gasteiger partial charge in [0.25, 0.3) is 0 Å². The zero-order chi connectivity index (χ0) is 18.3. The minimum atomic E-state index is -0.269. The fourth-order valence-electron chi connectivity index (χ4n) is 3.49. The van der Waals surface area contributed by atoms with Crippen molar-refractivity contribution in [2.75, 3.05) is 40.8 Å². The number of quaternary nitrogens is 1. The number of benzene rings is 1. The molecule has 1 aromatic rings. The van der Waals surface area contributed by atoms with E-state index in [9.17, 15) is 10.1 Å². The number of carbonyl (C=O) groups excluding carboxylic acids is 1. The van der Waals surface area contributed by atoms with Crippen LogP contribution in [0, 0.1) is 16.7 Å². The van der Waals surface area contributed by atoms with Crippen molar-refractivity contribution in [1.29, 1.82) is 5.26 Å². The van der Waals surface area contributed by atoms with Crippen LogP contribution in [-0.2, 0) is 11.2 Å². The molecule has 4 nitrogen and oxygen atoms in total. The molecule has 0 saturated carbocycles. The van der Waals surface area contributed by atoms with Crippen molar-refractivity contribution < 1.29 is 9.28 Å². The molecule has 0 radical (unpaired) electrons. The lowest BCUT2D eigenvalue weighted by molar-refractivity contribution is -0.870. The Hall–Kier alpha value is -1.86. The maximum Gasteiger partial charge on any atom is 0.222 e. The summed E-state index contributed by atoms with van der Waals surface area (Å²) in [6.07, 6.45) is 4.98. The van der Waals surface area contributed by atoms with Crippen molar-refractivity contribution in [3.63, 3.8) is 0 Å². The van der Waals surface area contributed by atoms with Gasteiger partial charge in [-0.1, -0.05) is 30.3 Å². The van der Waals surface area contributed by atoms with Gasteiger partial charge in [-0.15, -0.1) is 0 Å². The largest absolute Gasteiger partial charge is 0.343 e. The molecule has 0 N–H and O–H groups in total. The molecule has 4 heteroatoms. The van der Waals surface area contributed by atoms with Gasteiger partial charge < -0.3 is 9.38 Å². The van der Waals surface area contributed by atoms with Crippen LogP contribution >= 0.6 is 0 Å². The second kappa shape index (κ2) is 8.49. The second-order valence-electron chi connectivity index (χ2n) is 8.38. The molecule has 1 aliphatic rings. The maximum atomic E-state index is 12.4. The lowest BCUT2D eigenvalue weighted by atomic mass is 9.75. The number of hydrogen-bond donors (Lipinski definition) is 0. The highest BCUT2D eigenvalue weighted by Crippen LogP contribution is 2.35. The summed E-state index contributed by atoms with van der Waals surface area (Å²) in [5.41, 5.74) is 1.02. The Morgan fingerprint density at radius 1 is 1.20 bits per heavy atom. The monoisotopic (exact) mass is 342 g/mol. The van der Waals surface area contributed by atoms with Crippen LogP contribution in [0.3, 0.4) is 0 Å². The molecule has 0 aliphatic carbocycles. The van der Waals surface area contributed by atoms with Crippen LogP contribution in [0.1, 0.15) is 37.7 Å². The molecule has 136 valence electrons. The molecule has 0 spiro atoms.